The van der Waals surface area contributed by atoms with Gasteiger partial charge in [0, 0.05) is 37.1 Å². The highest BCUT2D eigenvalue weighted by Crippen LogP contribution is 2.30. The first kappa shape index (κ1) is 25.4. The third-order valence-corrected chi connectivity index (χ3v) is 5.49. The van der Waals surface area contributed by atoms with Gasteiger partial charge in [-0.05, 0) is 53.6 Å². The molecule has 0 spiro atoms. The van der Waals surface area contributed by atoms with E-state index < -0.39 is 17.6 Å². The summed E-state index contributed by atoms with van der Waals surface area (Å²) in [7, 11) is 3.87. The molecule has 9 heteroatoms. The molecule has 3 aromatic carbocycles. The minimum atomic E-state index is -4.48. The zero-order valence-corrected chi connectivity index (χ0v) is 20.1. The van der Waals surface area contributed by atoms with Gasteiger partial charge in [0.25, 0.3) is 5.91 Å². The van der Waals surface area contributed by atoms with Crippen molar-refractivity contribution in [2.45, 2.75) is 6.18 Å². The van der Waals surface area contributed by atoms with E-state index in [1.54, 1.807) is 23.2 Å². The van der Waals surface area contributed by atoms with Gasteiger partial charge in [0.15, 0.2) is 0 Å². The molecule has 6 nitrogen and oxygen atoms in total. The predicted octanol–water partition coefficient (Wildman–Crippen LogP) is 5.65. The van der Waals surface area contributed by atoms with Crippen LogP contribution in [0.2, 0.25) is 0 Å². The molecule has 0 aliphatic heterocycles. The van der Waals surface area contributed by atoms with Gasteiger partial charge in [0.05, 0.1) is 23.7 Å². The predicted molar refractivity (Wildman–Crippen MR) is 139 cm³/mol. The highest BCUT2D eigenvalue weighted by atomic mass is 19.4. The number of hydrazone groups is 1. The van der Waals surface area contributed by atoms with E-state index in [4.69, 9.17) is 0 Å². The summed E-state index contributed by atoms with van der Waals surface area (Å²) in [5, 5.41) is 8.35. The smallest absolute Gasteiger partial charge is 0.378 e. The Morgan fingerprint density at radius 2 is 1.62 bits per heavy atom. The number of amides is 1. The summed E-state index contributed by atoms with van der Waals surface area (Å²) in [6, 6.07) is 21.4. The molecule has 188 valence electrons. The lowest BCUT2D eigenvalue weighted by Crippen LogP contribution is -2.19. The summed E-state index contributed by atoms with van der Waals surface area (Å²) < 4.78 is 40.8. The third kappa shape index (κ3) is 6.52. The molecule has 0 fully saturated rings. The fourth-order valence-electron chi connectivity index (χ4n) is 3.50. The van der Waals surface area contributed by atoms with Crippen LogP contribution in [0.3, 0.4) is 0 Å². The lowest BCUT2D eigenvalue weighted by atomic mass is 10.0. The van der Waals surface area contributed by atoms with E-state index in [-0.39, 0.29) is 5.57 Å². The highest BCUT2D eigenvalue weighted by molar-refractivity contribution is 6.24. The molecule has 0 aliphatic carbocycles. The Bertz CT molecular complexity index is 1400. The molecule has 0 saturated carbocycles. The third-order valence-electron chi connectivity index (χ3n) is 5.49. The van der Waals surface area contributed by atoms with Crippen LogP contribution in [0.15, 0.2) is 96.4 Å². The van der Waals surface area contributed by atoms with Crippen LogP contribution in [0.4, 0.5) is 18.9 Å². The van der Waals surface area contributed by atoms with E-state index in [2.05, 4.69) is 15.6 Å². The standard InChI is InChI=1S/C28H24F3N5O/c1-35(2)24-14-8-20(9-15-24)17-32-34-27(37)26(22-10-12-23(13-11-22)28(29,30)31)16-21-18-33-36(19-21)25-6-4-3-5-7-25/h3-19H,1-2H3,(H,34,37)/b26-16+,32-17+. The minimum Gasteiger partial charge on any atom is -0.378 e. The number of alkyl halides is 3. The largest absolute Gasteiger partial charge is 0.416 e. The second kappa shape index (κ2) is 10.9. The number of rotatable bonds is 7. The van der Waals surface area contributed by atoms with Crippen molar-refractivity contribution in [3.05, 3.63) is 114 Å². The number of aromatic nitrogens is 2. The zero-order valence-electron chi connectivity index (χ0n) is 20.1. The summed E-state index contributed by atoms with van der Waals surface area (Å²) in [4.78, 5) is 15.1. The van der Waals surface area contributed by atoms with Crippen LogP contribution in [-0.4, -0.2) is 36.0 Å². The fraction of sp³-hybridized carbons (Fsp3) is 0.107. The van der Waals surface area contributed by atoms with Gasteiger partial charge in [-0.1, -0.05) is 42.5 Å². The molecule has 1 heterocycles. The van der Waals surface area contributed by atoms with Crippen molar-refractivity contribution in [2.24, 2.45) is 5.10 Å². The van der Waals surface area contributed by atoms with Gasteiger partial charge in [-0.2, -0.15) is 23.4 Å². The van der Waals surface area contributed by atoms with Gasteiger partial charge in [0.2, 0.25) is 0 Å². The minimum absolute atomic E-state index is 0.140. The van der Waals surface area contributed by atoms with Crippen LogP contribution in [0.25, 0.3) is 17.3 Å². The van der Waals surface area contributed by atoms with Gasteiger partial charge < -0.3 is 4.90 Å². The number of hydrogen-bond acceptors (Lipinski definition) is 4. The van der Waals surface area contributed by atoms with Crippen LogP contribution in [0.1, 0.15) is 22.3 Å². The number of nitrogens with one attached hydrogen (secondary N) is 1. The average molecular weight is 504 g/mol. The number of hydrogen-bond donors (Lipinski definition) is 1. The first-order valence-corrected chi connectivity index (χ1v) is 11.3. The lowest BCUT2D eigenvalue weighted by molar-refractivity contribution is -0.137. The van der Waals surface area contributed by atoms with Crippen molar-refractivity contribution in [2.75, 3.05) is 19.0 Å². The van der Waals surface area contributed by atoms with Crippen molar-refractivity contribution in [1.29, 1.82) is 0 Å². The van der Waals surface area contributed by atoms with E-state index >= 15 is 0 Å². The van der Waals surface area contributed by atoms with Crippen LogP contribution in [-0.2, 0) is 11.0 Å². The summed E-state index contributed by atoms with van der Waals surface area (Å²) in [6.45, 7) is 0. The summed E-state index contributed by atoms with van der Waals surface area (Å²) in [5.41, 5.74) is 5.34. The Morgan fingerprint density at radius 3 is 2.24 bits per heavy atom. The molecule has 0 aliphatic rings. The average Bonchev–Trinajstić information content (AvgIpc) is 3.36. The molecule has 0 radical (unpaired) electrons. The number of para-hydroxylation sites is 1. The SMILES string of the molecule is CN(C)c1ccc(/C=N/NC(=O)/C(=C/c2cnn(-c3ccccc3)c2)c2ccc(C(F)(F)F)cc2)cc1. The topological polar surface area (TPSA) is 62.5 Å². The van der Waals surface area contributed by atoms with E-state index in [0.29, 0.717) is 11.1 Å². The van der Waals surface area contributed by atoms with Crippen LogP contribution < -0.4 is 10.3 Å². The maximum atomic E-state index is 13.1. The maximum Gasteiger partial charge on any atom is 0.416 e. The van der Waals surface area contributed by atoms with Gasteiger partial charge in [0.1, 0.15) is 0 Å². The van der Waals surface area contributed by atoms with Gasteiger partial charge in [-0.25, -0.2) is 10.1 Å². The van der Waals surface area contributed by atoms with Crippen molar-refractivity contribution in [3.63, 3.8) is 0 Å². The Labute approximate surface area is 212 Å². The molecule has 0 saturated heterocycles. The lowest BCUT2D eigenvalue weighted by Gasteiger charge is -2.11. The summed E-state index contributed by atoms with van der Waals surface area (Å²) in [6.07, 6.45) is 1.87. The first-order valence-electron chi connectivity index (χ1n) is 11.3. The van der Waals surface area contributed by atoms with E-state index in [1.807, 2.05) is 73.6 Å². The normalized spacial score (nSPS) is 12.1. The number of benzene rings is 3. The number of halogens is 3. The monoisotopic (exact) mass is 503 g/mol. The van der Waals surface area contributed by atoms with Crippen LogP contribution in [0.5, 0.6) is 0 Å². The highest BCUT2D eigenvalue weighted by Gasteiger charge is 2.30. The maximum absolute atomic E-state index is 13.1. The van der Waals surface area contributed by atoms with Gasteiger partial charge in [-0.15, -0.1) is 0 Å². The van der Waals surface area contributed by atoms with Crippen LogP contribution in [0, 0.1) is 0 Å². The van der Waals surface area contributed by atoms with E-state index in [9.17, 15) is 18.0 Å². The zero-order chi connectivity index (χ0) is 26.4. The number of carbonyl (C=O) groups is 1. The molecular weight excluding hydrogens is 479 g/mol. The Hall–Kier alpha value is -4.66. The molecule has 4 rings (SSSR count). The number of anilines is 1. The molecule has 1 amide bonds. The van der Waals surface area contributed by atoms with Gasteiger partial charge >= 0.3 is 6.18 Å². The summed E-state index contributed by atoms with van der Waals surface area (Å²) >= 11 is 0. The second-order valence-corrected chi connectivity index (χ2v) is 8.37. The quantitative estimate of drug-likeness (QED) is 0.202. The van der Waals surface area contributed by atoms with E-state index in [1.165, 1.54) is 18.3 Å². The fourth-order valence-corrected chi connectivity index (χ4v) is 3.50. The van der Waals surface area contributed by atoms with Gasteiger partial charge in [-0.3, -0.25) is 4.79 Å². The Kier molecular flexibility index (Phi) is 7.52. The van der Waals surface area contributed by atoms with E-state index in [0.717, 1.165) is 29.1 Å². The van der Waals surface area contributed by atoms with Crippen molar-refractivity contribution in [3.8, 4) is 5.69 Å². The van der Waals surface area contributed by atoms with Crippen molar-refractivity contribution in [1.82, 2.24) is 15.2 Å². The number of carbonyl (C=O) groups excluding carboxylic acids is 1. The first-order chi connectivity index (χ1) is 17.7. The Balaban J connectivity index is 1.60. The molecule has 4 aromatic rings. The molecule has 1 N–H and O–H groups in total. The second-order valence-electron chi connectivity index (χ2n) is 8.37. The number of nitrogens with zero attached hydrogens (tertiary/aromatic N) is 4. The summed E-state index contributed by atoms with van der Waals surface area (Å²) in [5.74, 6) is -0.576. The molecular formula is C28H24F3N5O. The van der Waals surface area contributed by atoms with Crippen molar-refractivity contribution >= 4 is 29.5 Å². The van der Waals surface area contributed by atoms with Crippen LogP contribution >= 0.6 is 0 Å². The molecule has 0 bridgehead atoms. The molecule has 1 aromatic heterocycles. The molecule has 37 heavy (non-hydrogen) atoms. The van der Waals surface area contributed by atoms with Crippen molar-refractivity contribution < 1.29 is 18.0 Å². The Morgan fingerprint density at radius 1 is 0.946 bits per heavy atom. The molecule has 0 atom stereocenters. The molecule has 0 unspecified atom stereocenters.